The third kappa shape index (κ3) is 4.97. The van der Waals surface area contributed by atoms with Gasteiger partial charge in [-0.05, 0) is 51.0 Å². The minimum atomic E-state index is -0.534. The van der Waals surface area contributed by atoms with Crippen LogP contribution in [0.2, 0.25) is 0 Å². The summed E-state index contributed by atoms with van der Waals surface area (Å²) in [5.41, 5.74) is 6.76. The minimum absolute atomic E-state index is 0.296. The molecule has 0 aromatic heterocycles. The Morgan fingerprint density at radius 1 is 1.19 bits per heavy atom. The summed E-state index contributed by atoms with van der Waals surface area (Å²) in [5, 5.41) is 0. The van der Waals surface area contributed by atoms with Crippen molar-refractivity contribution in [2.24, 2.45) is 11.7 Å². The van der Waals surface area contributed by atoms with Crippen molar-refractivity contribution >= 4 is 23.5 Å². The third-order valence-corrected chi connectivity index (χ3v) is 4.73. The largest absolute Gasteiger partial charge is 0.452 e. The van der Waals surface area contributed by atoms with Gasteiger partial charge in [0.2, 0.25) is 5.91 Å². The molecule has 1 fully saturated rings. The lowest BCUT2D eigenvalue weighted by atomic mass is 9.97. The van der Waals surface area contributed by atoms with Gasteiger partial charge in [-0.15, -0.1) is 0 Å². The maximum absolute atomic E-state index is 12.2. The lowest BCUT2D eigenvalue weighted by Gasteiger charge is -2.31. The highest BCUT2D eigenvalue weighted by atomic mass is 16.5. The van der Waals surface area contributed by atoms with E-state index in [1.54, 1.807) is 12.1 Å². The van der Waals surface area contributed by atoms with Crippen LogP contribution in [0.15, 0.2) is 24.3 Å². The monoisotopic (exact) mass is 361 g/mol. The summed E-state index contributed by atoms with van der Waals surface area (Å²) in [5.74, 6) is -1.55. The fourth-order valence-corrected chi connectivity index (χ4v) is 3.13. The van der Waals surface area contributed by atoms with Crippen molar-refractivity contribution in [3.05, 3.63) is 29.8 Å². The molecule has 7 heteroatoms. The molecule has 2 N–H and O–H groups in total. The molecule has 0 aliphatic carbocycles. The average Bonchev–Trinajstić information content (AvgIpc) is 2.67. The molecule has 142 valence electrons. The van der Waals surface area contributed by atoms with Crippen molar-refractivity contribution in [2.75, 3.05) is 37.7 Å². The molecule has 2 amide bonds. The molecule has 0 saturated carbocycles. The number of piperidine rings is 1. The van der Waals surface area contributed by atoms with Gasteiger partial charge in [-0.2, -0.15) is 0 Å². The first-order chi connectivity index (χ1) is 12.5. The quantitative estimate of drug-likeness (QED) is 0.741. The highest BCUT2D eigenvalue weighted by molar-refractivity contribution is 5.91. The van der Waals surface area contributed by atoms with Crippen LogP contribution in [0.1, 0.15) is 37.0 Å². The zero-order valence-corrected chi connectivity index (χ0v) is 15.4. The number of amides is 2. The number of nitrogens with two attached hydrogens (primary N) is 1. The van der Waals surface area contributed by atoms with E-state index in [4.69, 9.17) is 10.5 Å². The van der Waals surface area contributed by atoms with E-state index >= 15 is 0 Å². The Morgan fingerprint density at radius 3 is 2.42 bits per heavy atom. The van der Waals surface area contributed by atoms with E-state index < -0.39 is 11.9 Å². The van der Waals surface area contributed by atoms with E-state index in [2.05, 4.69) is 18.7 Å². The van der Waals surface area contributed by atoms with Crippen molar-refractivity contribution in [3.8, 4) is 0 Å². The van der Waals surface area contributed by atoms with Crippen LogP contribution < -0.4 is 10.6 Å². The van der Waals surface area contributed by atoms with Crippen LogP contribution in [0.5, 0.6) is 0 Å². The van der Waals surface area contributed by atoms with E-state index in [9.17, 15) is 14.4 Å². The van der Waals surface area contributed by atoms with E-state index in [1.807, 2.05) is 12.1 Å². The molecule has 1 aromatic carbocycles. The summed E-state index contributed by atoms with van der Waals surface area (Å²) in [6.45, 7) is 6.43. The number of nitrogens with zero attached hydrogens (tertiary/aromatic N) is 2. The summed E-state index contributed by atoms with van der Waals surface area (Å²) < 4.78 is 5.13. The standard InChI is InChI=1S/C19H27N3O4/c1-3-21(4-2)16-9-7-14(8-10-16)19(25)26-13-17(23)22-11-5-6-15(12-22)18(20)24/h7-10,15H,3-6,11-13H2,1-2H3,(H2,20,24)/t15-/m1/s1. The normalized spacial score (nSPS) is 16.8. The molecule has 0 spiro atoms. The second-order valence-corrected chi connectivity index (χ2v) is 6.38. The maximum atomic E-state index is 12.2. The van der Waals surface area contributed by atoms with Gasteiger partial charge >= 0.3 is 5.97 Å². The summed E-state index contributed by atoms with van der Waals surface area (Å²) in [7, 11) is 0. The van der Waals surface area contributed by atoms with Gasteiger partial charge < -0.3 is 20.3 Å². The zero-order valence-electron chi connectivity index (χ0n) is 15.4. The number of anilines is 1. The molecular weight excluding hydrogens is 334 g/mol. The van der Waals surface area contributed by atoms with Crippen LogP contribution in [-0.4, -0.2) is 55.5 Å². The van der Waals surface area contributed by atoms with E-state index in [0.717, 1.165) is 25.2 Å². The molecule has 1 atom stereocenters. The predicted molar refractivity (Wildman–Crippen MR) is 98.8 cm³/mol. The Labute approximate surface area is 154 Å². The molecule has 0 radical (unpaired) electrons. The Balaban J connectivity index is 1.87. The highest BCUT2D eigenvalue weighted by Crippen LogP contribution is 2.17. The summed E-state index contributed by atoms with van der Waals surface area (Å²) >= 11 is 0. The summed E-state index contributed by atoms with van der Waals surface area (Å²) in [6, 6.07) is 7.13. The Hall–Kier alpha value is -2.57. The van der Waals surface area contributed by atoms with E-state index in [-0.39, 0.29) is 18.4 Å². The number of rotatable bonds is 7. The molecule has 1 aliphatic rings. The molecule has 1 heterocycles. The molecule has 26 heavy (non-hydrogen) atoms. The number of hydrogen-bond acceptors (Lipinski definition) is 5. The van der Waals surface area contributed by atoms with Crippen LogP contribution >= 0.6 is 0 Å². The van der Waals surface area contributed by atoms with Gasteiger partial charge in [0, 0.05) is 31.9 Å². The smallest absolute Gasteiger partial charge is 0.338 e. The molecule has 1 aliphatic heterocycles. The van der Waals surface area contributed by atoms with Crippen LogP contribution in [0.25, 0.3) is 0 Å². The Bertz CT molecular complexity index is 641. The third-order valence-electron chi connectivity index (χ3n) is 4.73. The molecule has 7 nitrogen and oxygen atoms in total. The summed E-state index contributed by atoms with van der Waals surface area (Å²) in [4.78, 5) is 39.4. The Morgan fingerprint density at radius 2 is 1.85 bits per heavy atom. The highest BCUT2D eigenvalue weighted by Gasteiger charge is 2.27. The summed E-state index contributed by atoms with van der Waals surface area (Å²) in [6.07, 6.45) is 1.41. The lowest BCUT2D eigenvalue weighted by molar-refractivity contribution is -0.137. The van der Waals surface area contributed by atoms with Gasteiger partial charge in [0.15, 0.2) is 6.61 Å². The number of primary amides is 1. The number of esters is 1. The molecular formula is C19H27N3O4. The van der Waals surface area contributed by atoms with Crippen LogP contribution in [0.3, 0.4) is 0 Å². The van der Waals surface area contributed by atoms with Crippen molar-refractivity contribution < 1.29 is 19.1 Å². The van der Waals surface area contributed by atoms with Gasteiger partial charge in [-0.25, -0.2) is 4.79 Å². The van der Waals surface area contributed by atoms with Crippen molar-refractivity contribution in [1.82, 2.24) is 4.90 Å². The predicted octanol–water partition coefficient (Wildman–Crippen LogP) is 1.41. The first-order valence-electron chi connectivity index (χ1n) is 9.05. The van der Waals surface area contributed by atoms with Gasteiger partial charge in [0.1, 0.15) is 0 Å². The second-order valence-electron chi connectivity index (χ2n) is 6.38. The number of carbonyl (C=O) groups excluding carboxylic acids is 3. The number of hydrogen-bond donors (Lipinski definition) is 1. The molecule has 0 unspecified atom stereocenters. The molecule has 1 aromatic rings. The van der Waals surface area contributed by atoms with E-state index in [1.165, 1.54) is 4.90 Å². The fourth-order valence-electron chi connectivity index (χ4n) is 3.13. The second kappa shape index (κ2) is 9.22. The number of carbonyl (C=O) groups is 3. The van der Waals surface area contributed by atoms with Gasteiger partial charge in [-0.3, -0.25) is 9.59 Å². The number of benzene rings is 1. The number of likely N-dealkylation sites (tertiary alicyclic amines) is 1. The average molecular weight is 361 g/mol. The topological polar surface area (TPSA) is 92.9 Å². The van der Waals surface area contributed by atoms with Crippen LogP contribution in [-0.2, 0) is 14.3 Å². The van der Waals surface area contributed by atoms with Crippen molar-refractivity contribution in [3.63, 3.8) is 0 Å². The Kier molecular flexibility index (Phi) is 7.00. The minimum Gasteiger partial charge on any atom is -0.452 e. The maximum Gasteiger partial charge on any atom is 0.338 e. The fraction of sp³-hybridized carbons (Fsp3) is 0.526. The molecule has 2 rings (SSSR count). The zero-order chi connectivity index (χ0) is 19.1. The van der Waals surface area contributed by atoms with Gasteiger partial charge in [-0.1, -0.05) is 0 Å². The van der Waals surface area contributed by atoms with Crippen molar-refractivity contribution in [2.45, 2.75) is 26.7 Å². The molecule has 0 bridgehead atoms. The number of ether oxygens (including phenoxy) is 1. The van der Waals surface area contributed by atoms with E-state index in [0.29, 0.717) is 25.1 Å². The first kappa shape index (κ1) is 19.8. The van der Waals surface area contributed by atoms with Crippen LogP contribution in [0.4, 0.5) is 5.69 Å². The lowest BCUT2D eigenvalue weighted by Crippen LogP contribution is -2.45. The SMILES string of the molecule is CCN(CC)c1ccc(C(=O)OCC(=O)N2CCC[C@@H](C(N)=O)C2)cc1. The van der Waals surface area contributed by atoms with Crippen LogP contribution in [0, 0.1) is 5.92 Å². The first-order valence-corrected chi connectivity index (χ1v) is 9.05. The molecule has 1 saturated heterocycles. The van der Waals surface area contributed by atoms with Crippen molar-refractivity contribution in [1.29, 1.82) is 0 Å². The van der Waals surface area contributed by atoms with Gasteiger partial charge in [0.05, 0.1) is 11.5 Å². The van der Waals surface area contributed by atoms with Gasteiger partial charge in [0.25, 0.3) is 5.91 Å².